The minimum atomic E-state index is -0.189. The highest BCUT2D eigenvalue weighted by Gasteiger charge is 2.19. The van der Waals surface area contributed by atoms with Crippen LogP contribution in [-0.2, 0) is 4.74 Å². The molecule has 1 aliphatic rings. The van der Waals surface area contributed by atoms with Crippen LogP contribution in [0.15, 0.2) is 24.3 Å². The summed E-state index contributed by atoms with van der Waals surface area (Å²) >= 11 is 0. The number of aromatic nitrogens is 3. The van der Waals surface area contributed by atoms with Crippen LogP contribution >= 0.6 is 0 Å². The predicted molar refractivity (Wildman–Crippen MR) is 90.6 cm³/mol. The van der Waals surface area contributed by atoms with Gasteiger partial charge in [0.1, 0.15) is 0 Å². The van der Waals surface area contributed by atoms with Crippen molar-refractivity contribution in [3.8, 4) is 11.4 Å². The van der Waals surface area contributed by atoms with Gasteiger partial charge < -0.3 is 9.64 Å². The third kappa shape index (κ3) is 3.47. The fourth-order valence-electron chi connectivity index (χ4n) is 2.78. The Morgan fingerprint density at radius 2 is 1.92 bits per heavy atom. The maximum absolute atomic E-state index is 11.9. The molecule has 1 fully saturated rings. The highest BCUT2D eigenvalue weighted by molar-refractivity contribution is 5.90. The molecular weight excluding hydrogens is 306 g/mol. The fourth-order valence-corrected chi connectivity index (χ4v) is 2.78. The average molecular weight is 329 g/mol. The van der Waals surface area contributed by atoms with Crippen molar-refractivity contribution in [3.05, 3.63) is 35.7 Å². The normalized spacial score (nSPS) is 16.8. The van der Waals surface area contributed by atoms with Crippen molar-refractivity contribution in [2.75, 3.05) is 40.4 Å². The number of benzene rings is 1. The van der Waals surface area contributed by atoms with E-state index in [-0.39, 0.29) is 11.7 Å². The number of carbonyl (C=O) groups excluding carboxylic acids is 1. The number of hydrogen-bond acceptors (Lipinski definition) is 5. The van der Waals surface area contributed by atoms with Crippen molar-refractivity contribution in [3.63, 3.8) is 0 Å². The highest BCUT2D eigenvalue weighted by atomic mass is 16.5. The average Bonchev–Trinajstić information content (AvgIpc) is 3.11. The number of hydrogen-bond donors (Lipinski definition) is 1. The fraction of sp³-hybridized carbons (Fsp3) is 0.471. The lowest BCUT2D eigenvalue weighted by atomic mass is 10.0. The Bertz CT molecular complexity index is 689. The van der Waals surface area contributed by atoms with E-state index in [2.05, 4.69) is 39.1 Å². The van der Waals surface area contributed by atoms with Crippen LogP contribution < -0.4 is 0 Å². The number of H-pyrrole nitrogens is 1. The molecule has 3 rings (SSSR count). The van der Waals surface area contributed by atoms with Crippen LogP contribution in [0.5, 0.6) is 0 Å². The van der Waals surface area contributed by atoms with Crippen LogP contribution in [0.25, 0.3) is 11.4 Å². The van der Waals surface area contributed by atoms with Crippen LogP contribution in [0, 0.1) is 0 Å². The van der Waals surface area contributed by atoms with Gasteiger partial charge in [-0.2, -0.15) is 5.10 Å². The zero-order valence-electron chi connectivity index (χ0n) is 14.3. The number of amides is 1. The number of morpholine rings is 1. The minimum absolute atomic E-state index is 0.189. The van der Waals surface area contributed by atoms with E-state index < -0.39 is 0 Å². The molecule has 0 radical (unpaired) electrons. The zero-order valence-corrected chi connectivity index (χ0v) is 14.3. The SMILES string of the molecule is C[C@@H](c1ccc(-c2n[nH]c(C(=O)N(C)C)n2)cc1)N1CCOCC1. The van der Waals surface area contributed by atoms with E-state index >= 15 is 0 Å². The molecule has 0 aliphatic carbocycles. The van der Waals surface area contributed by atoms with Gasteiger partial charge in [-0.3, -0.25) is 14.8 Å². The summed E-state index contributed by atoms with van der Waals surface area (Å²) in [5.41, 5.74) is 2.14. The van der Waals surface area contributed by atoms with Gasteiger partial charge in [0.25, 0.3) is 5.91 Å². The molecular formula is C17H23N5O2. The third-order valence-electron chi connectivity index (χ3n) is 4.34. The minimum Gasteiger partial charge on any atom is -0.379 e. The lowest BCUT2D eigenvalue weighted by Gasteiger charge is -2.32. The molecule has 0 spiro atoms. The molecule has 7 nitrogen and oxygen atoms in total. The summed E-state index contributed by atoms with van der Waals surface area (Å²) in [7, 11) is 3.37. The van der Waals surface area contributed by atoms with Crippen molar-refractivity contribution in [1.29, 1.82) is 0 Å². The van der Waals surface area contributed by atoms with Crippen molar-refractivity contribution in [1.82, 2.24) is 25.0 Å². The first kappa shape index (κ1) is 16.6. The van der Waals surface area contributed by atoms with Gasteiger partial charge in [-0.05, 0) is 12.5 Å². The maximum atomic E-state index is 11.9. The summed E-state index contributed by atoms with van der Waals surface area (Å²) in [4.78, 5) is 20.1. The van der Waals surface area contributed by atoms with Gasteiger partial charge in [-0.15, -0.1) is 0 Å². The van der Waals surface area contributed by atoms with Crippen molar-refractivity contribution < 1.29 is 9.53 Å². The van der Waals surface area contributed by atoms with E-state index in [1.165, 1.54) is 10.5 Å². The molecule has 0 saturated carbocycles. The van der Waals surface area contributed by atoms with Crippen LogP contribution in [0.2, 0.25) is 0 Å². The Balaban J connectivity index is 1.73. The largest absolute Gasteiger partial charge is 0.379 e. The van der Waals surface area contributed by atoms with Crippen LogP contribution in [0.4, 0.5) is 0 Å². The van der Waals surface area contributed by atoms with Crippen molar-refractivity contribution in [2.24, 2.45) is 0 Å². The van der Waals surface area contributed by atoms with Crippen LogP contribution in [0.1, 0.15) is 29.1 Å². The summed E-state index contributed by atoms with van der Waals surface area (Å²) in [5, 5.41) is 6.84. The smallest absolute Gasteiger partial charge is 0.290 e. The van der Waals surface area contributed by atoms with E-state index in [1.54, 1.807) is 14.1 Å². The van der Waals surface area contributed by atoms with Gasteiger partial charge in [0.15, 0.2) is 5.82 Å². The standard InChI is InChI=1S/C17H23N5O2/c1-12(22-8-10-24-11-9-22)13-4-6-14(7-5-13)15-18-16(20-19-15)17(23)21(2)3/h4-7,12H,8-11H2,1-3H3,(H,18,19,20)/t12-/m0/s1. The molecule has 0 bridgehead atoms. The van der Waals surface area contributed by atoms with E-state index in [4.69, 9.17) is 4.74 Å². The maximum Gasteiger partial charge on any atom is 0.290 e. The molecule has 128 valence electrons. The number of carbonyl (C=O) groups is 1. The second kappa shape index (κ2) is 7.11. The van der Waals surface area contributed by atoms with Crippen LogP contribution in [0.3, 0.4) is 0 Å². The van der Waals surface area contributed by atoms with Crippen molar-refractivity contribution >= 4 is 5.91 Å². The number of nitrogens with one attached hydrogen (secondary N) is 1. The Labute approximate surface area is 141 Å². The van der Waals surface area contributed by atoms with Gasteiger partial charge in [0, 0.05) is 38.8 Å². The molecule has 24 heavy (non-hydrogen) atoms. The second-order valence-corrected chi connectivity index (χ2v) is 6.15. The topological polar surface area (TPSA) is 74.4 Å². The molecule has 1 saturated heterocycles. The second-order valence-electron chi connectivity index (χ2n) is 6.15. The predicted octanol–water partition coefficient (Wildman–Crippen LogP) is 1.57. The lowest BCUT2D eigenvalue weighted by molar-refractivity contribution is 0.0198. The quantitative estimate of drug-likeness (QED) is 0.921. The Morgan fingerprint density at radius 3 is 2.54 bits per heavy atom. The summed E-state index contributed by atoms with van der Waals surface area (Å²) in [6.45, 7) is 5.71. The van der Waals surface area contributed by atoms with E-state index in [9.17, 15) is 4.79 Å². The van der Waals surface area contributed by atoms with Crippen molar-refractivity contribution in [2.45, 2.75) is 13.0 Å². The Hall–Kier alpha value is -2.25. The summed E-state index contributed by atoms with van der Waals surface area (Å²) < 4.78 is 5.41. The molecule has 1 aromatic heterocycles. The monoisotopic (exact) mass is 329 g/mol. The first-order chi connectivity index (χ1) is 11.6. The zero-order chi connectivity index (χ0) is 17.1. The van der Waals surface area contributed by atoms with E-state index in [0.717, 1.165) is 31.9 Å². The molecule has 2 heterocycles. The van der Waals surface area contributed by atoms with Crippen LogP contribution in [-0.4, -0.2) is 71.3 Å². The number of nitrogens with zero attached hydrogens (tertiary/aromatic N) is 4. The molecule has 1 aliphatic heterocycles. The Morgan fingerprint density at radius 1 is 1.25 bits per heavy atom. The highest BCUT2D eigenvalue weighted by Crippen LogP contribution is 2.24. The van der Waals surface area contributed by atoms with Gasteiger partial charge in [0.05, 0.1) is 13.2 Å². The summed E-state index contributed by atoms with van der Waals surface area (Å²) in [5.74, 6) is 0.595. The van der Waals surface area contributed by atoms with E-state index in [0.29, 0.717) is 11.9 Å². The molecule has 1 amide bonds. The van der Waals surface area contributed by atoms with Gasteiger partial charge >= 0.3 is 0 Å². The molecule has 1 N–H and O–H groups in total. The Kier molecular flexibility index (Phi) is 4.92. The third-order valence-corrected chi connectivity index (χ3v) is 4.34. The summed E-state index contributed by atoms with van der Waals surface area (Å²) in [6, 6.07) is 8.54. The number of ether oxygens (including phenoxy) is 1. The number of aromatic amines is 1. The molecule has 2 aromatic rings. The molecule has 1 atom stereocenters. The van der Waals surface area contributed by atoms with E-state index in [1.807, 2.05) is 12.1 Å². The van der Waals surface area contributed by atoms with Gasteiger partial charge in [-0.25, -0.2) is 4.98 Å². The number of rotatable bonds is 4. The molecule has 7 heteroatoms. The molecule has 0 unspecified atom stereocenters. The lowest BCUT2D eigenvalue weighted by Crippen LogP contribution is -2.37. The summed E-state index contributed by atoms with van der Waals surface area (Å²) in [6.07, 6.45) is 0. The van der Waals surface area contributed by atoms with Gasteiger partial charge in [-0.1, -0.05) is 24.3 Å². The molecule has 1 aromatic carbocycles. The first-order valence-corrected chi connectivity index (χ1v) is 8.12. The first-order valence-electron chi connectivity index (χ1n) is 8.12. The van der Waals surface area contributed by atoms with Gasteiger partial charge in [0.2, 0.25) is 5.82 Å².